The molecule has 0 amide bonds. The first-order valence-electron chi connectivity index (χ1n) is 4.44. The Bertz CT molecular complexity index is 311. The SMILES string of the molecule is COC(=O)C1=CNC=C(C(=O)OC)C1C. The van der Waals surface area contributed by atoms with Gasteiger partial charge in [0.1, 0.15) is 0 Å². The van der Waals surface area contributed by atoms with Crippen molar-refractivity contribution in [1.29, 1.82) is 0 Å². The summed E-state index contributed by atoms with van der Waals surface area (Å²) in [6, 6.07) is 0. The zero-order valence-electron chi connectivity index (χ0n) is 8.87. The molecule has 0 unspecified atom stereocenters. The van der Waals surface area contributed by atoms with Crippen LogP contribution in [0, 0.1) is 5.92 Å². The molecule has 0 saturated carbocycles. The second kappa shape index (κ2) is 4.63. The number of methoxy groups -OCH3 is 2. The van der Waals surface area contributed by atoms with E-state index in [-0.39, 0.29) is 5.92 Å². The third kappa shape index (κ3) is 2.18. The van der Waals surface area contributed by atoms with E-state index in [0.717, 1.165) is 0 Å². The van der Waals surface area contributed by atoms with E-state index in [1.165, 1.54) is 26.6 Å². The van der Waals surface area contributed by atoms with Gasteiger partial charge in [-0.1, -0.05) is 6.92 Å². The summed E-state index contributed by atoms with van der Waals surface area (Å²) in [5, 5.41) is 2.72. The van der Waals surface area contributed by atoms with Gasteiger partial charge in [-0.3, -0.25) is 0 Å². The maximum atomic E-state index is 11.3. The first-order valence-corrected chi connectivity index (χ1v) is 4.44. The molecule has 1 rings (SSSR count). The van der Waals surface area contributed by atoms with E-state index in [4.69, 9.17) is 0 Å². The number of hydrogen-bond acceptors (Lipinski definition) is 5. The standard InChI is InChI=1S/C10H13NO4/c1-6-7(9(12)14-2)4-11-5-8(6)10(13)15-3/h4-6,11H,1-3H3. The molecule has 0 saturated heterocycles. The molecular formula is C10H13NO4. The molecule has 0 aromatic carbocycles. The lowest BCUT2D eigenvalue weighted by molar-refractivity contribution is -0.137. The van der Waals surface area contributed by atoms with E-state index < -0.39 is 11.9 Å². The van der Waals surface area contributed by atoms with E-state index in [1.54, 1.807) is 6.92 Å². The predicted octanol–water partition coefficient (Wildman–Crippen LogP) is 0.339. The molecule has 1 aliphatic heterocycles. The number of nitrogens with one attached hydrogen (secondary N) is 1. The molecule has 0 aliphatic carbocycles. The van der Waals surface area contributed by atoms with Crippen LogP contribution in [0.4, 0.5) is 0 Å². The highest BCUT2D eigenvalue weighted by atomic mass is 16.5. The average molecular weight is 211 g/mol. The molecule has 82 valence electrons. The van der Waals surface area contributed by atoms with Crippen LogP contribution in [0.1, 0.15) is 6.92 Å². The second-order valence-corrected chi connectivity index (χ2v) is 3.07. The summed E-state index contributed by atoms with van der Waals surface area (Å²) in [6.45, 7) is 1.74. The number of rotatable bonds is 2. The first-order chi connectivity index (χ1) is 7.11. The minimum absolute atomic E-state index is 0.328. The Morgan fingerprint density at radius 1 is 1.13 bits per heavy atom. The fraction of sp³-hybridized carbons (Fsp3) is 0.400. The highest BCUT2D eigenvalue weighted by Crippen LogP contribution is 2.23. The van der Waals surface area contributed by atoms with Crippen molar-refractivity contribution in [2.75, 3.05) is 14.2 Å². The van der Waals surface area contributed by atoms with Crippen LogP contribution in [-0.4, -0.2) is 26.2 Å². The quantitative estimate of drug-likeness (QED) is 0.667. The van der Waals surface area contributed by atoms with Gasteiger partial charge in [-0.2, -0.15) is 0 Å². The maximum absolute atomic E-state index is 11.3. The molecular weight excluding hydrogens is 198 g/mol. The van der Waals surface area contributed by atoms with Crippen LogP contribution >= 0.6 is 0 Å². The van der Waals surface area contributed by atoms with Crippen LogP contribution in [0.2, 0.25) is 0 Å². The number of carbonyl (C=O) groups is 2. The summed E-state index contributed by atoms with van der Waals surface area (Å²) >= 11 is 0. The van der Waals surface area contributed by atoms with Gasteiger partial charge < -0.3 is 14.8 Å². The van der Waals surface area contributed by atoms with Crippen molar-refractivity contribution in [1.82, 2.24) is 5.32 Å². The third-order valence-electron chi connectivity index (χ3n) is 2.25. The zero-order valence-corrected chi connectivity index (χ0v) is 8.87. The van der Waals surface area contributed by atoms with E-state index in [0.29, 0.717) is 11.1 Å². The number of ether oxygens (including phenoxy) is 2. The fourth-order valence-corrected chi connectivity index (χ4v) is 1.35. The molecule has 0 bridgehead atoms. The van der Waals surface area contributed by atoms with Gasteiger partial charge in [0.25, 0.3) is 0 Å². The van der Waals surface area contributed by atoms with Gasteiger partial charge in [-0.05, 0) is 0 Å². The Morgan fingerprint density at radius 3 is 1.87 bits per heavy atom. The zero-order chi connectivity index (χ0) is 11.4. The summed E-state index contributed by atoms with van der Waals surface area (Å²) < 4.78 is 9.19. The second-order valence-electron chi connectivity index (χ2n) is 3.07. The summed E-state index contributed by atoms with van der Waals surface area (Å²) in [6.07, 6.45) is 3.03. The van der Waals surface area contributed by atoms with Gasteiger partial charge in [-0.25, -0.2) is 9.59 Å². The van der Waals surface area contributed by atoms with Crippen molar-refractivity contribution in [3.05, 3.63) is 23.5 Å². The van der Waals surface area contributed by atoms with Gasteiger partial charge in [-0.15, -0.1) is 0 Å². The summed E-state index contributed by atoms with van der Waals surface area (Å²) in [5.74, 6) is -1.24. The van der Waals surface area contributed by atoms with E-state index in [9.17, 15) is 9.59 Å². The van der Waals surface area contributed by atoms with Gasteiger partial charge in [0.2, 0.25) is 0 Å². The average Bonchev–Trinajstić information content (AvgIpc) is 2.27. The Hall–Kier alpha value is -1.78. The topological polar surface area (TPSA) is 64.6 Å². The first kappa shape index (κ1) is 11.3. The molecule has 0 radical (unpaired) electrons. The Morgan fingerprint density at radius 2 is 1.53 bits per heavy atom. The van der Waals surface area contributed by atoms with Crippen LogP contribution in [0.3, 0.4) is 0 Å². The minimum atomic E-state index is -0.454. The molecule has 0 spiro atoms. The molecule has 1 N–H and O–H groups in total. The highest BCUT2D eigenvalue weighted by molar-refractivity contribution is 5.96. The van der Waals surface area contributed by atoms with E-state index >= 15 is 0 Å². The van der Waals surface area contributed by atoms with Crippen molar-refractivity contribution in [3.63, 3.8) is 0 Å². The molecule has 15 heavy (non-hydrogen) atoms. The molecule has 1 aliphatic rings. The number of hydrogen-bond donors (Lipinski definition) is 1. The summed E-state index contributed by atoms with van der Waals surface area (Å²) in [7, 11) is 2.60. The van der Waals surface area contributed by atoms with Crippen molar-refractivity contribution in [2.24, 2.45) is 5.92 Å². The lowest BCUT2D eigenvalue weighted by Gasteiger charge is -2.19. The van der Waals surface area contributed by atoms with Crippen LogP contribution in [0.25, 0.3) is 0 Å². The predicted molar refractivity (Wildman–Crippen MR) is 52.5 cm³/mol. The molecule has 5 heteroatoms. The maximum Gasteiger partial charge on any atom is 0.335 e. The molecule has 0 fully saturated rings. The number of carbonyl (C=O) groups excluding carboxylic acids is 2. The lowest BCUT2D eigenvalue weighted by Crippen LogP contribution is -2.25. The van der Waals surface area contributed by atoms with Crippen molar-refractivity contribution < 1.29 is 19.1 Å². The third-order valence-corrected chi connectivity index (χ3v) is 2.25. The van der Waals surface area contributed by atoms with Gasteiger partial charge in [0.15, 0.2) is 0 Å². The summed E-state index contributed by atoms with van der Waals surface area (Å²) in [5.41, 5.74) is 0.806. The van der Waals surface area contributed by atoms with Gasteiger partial charge in [0.05, 0.1) is 25.4 Å². The monoisotopic (exact) mass is 211 g/mol. The smallest absolute Gasteiger partial charge is 0.335 e. The van der Waals surface area contributed by atoms with Crippen LogP contribution in [0.15, 0.2) is 23.5 Å². The molecule has 1 heterocycles. The van der Waals surface area contributed by atoms with Crippen molar-refractivity contribution in [3.8, 4) is 0 Å². The Labute approximate surface area is 87.7 Å². The van der Waals surface area contributed by atoms with Crippen molar-refractivity contribution >= 4 is 11.9 Å². The van der Waals surface area contributed by atoms with Crippen LogP contribution < -0.4 is 5.32 Å². The normalized spacial score (nSPS) is 15.9. The Balaban J connectivity index is 2.87. The lowest BCUT2D eigenvalue weighted by atomic mass is 9.92. The number of esters is 2. The van der Waals surface area contributed by atoms with Crippen LogP contribution in [-0.2, 0) is 19.1 Å². The van der Waals surface area contributed by atoms with Crippen LogP contribution in [0.5, 0.6) is 0 Å². The fourth-order valence-electron chi connectivity index (χ4n) is 1.35. The van der Waals surface area contributed by atoms with Crippen molar-refractivity contribution in [2.45, 2.75) is 6.92 Å². The highest BCUT2D eigenvalue weighted by Gasteiger charge is 2.28. The molecule has 0 atom stereocenters. The molecule has 0 aromatic heterocycles. The molecule has 0 aromatic rings. The largest absolute Gasteiger partial charge is 0.466 e. The Kier molecular flexibility index (Phi) is 3.49. The molecule has 5 nitrogen and oxygen atoms in total. The van der Waals surface area contributed by atoms with Gasteiger partial charge in [0, 0.05) is 18.3 Å². The van der Waals surface area contributed by atoms with E-state index in [2.05, 4.69) is 14.8 Å². The van der Waals surface area contributed by atoms with Gasteiger partial charge >= 0.3 is 11.9 Å². The summed E-state index contributed by atoms with van der Waals surface area (Å²) in [4.78, 5) is 22.6. The minimum Gasteiger partial charge on any atom is -0.466 e. The van der Waals surface area contributed by atoms with E-state index in [1.807, 2.05) is 0 Å². The number of dihydropyridines is 1.